The summed E-state index contributed by atoms with van der Waals surface area (Å²) in [6.07, 6.45) is 1.43. The van der Waals surface area contributed by atoms with Crippen LogP contribution in [0.1, 0.15) is 21.6 Å². The smallest absolute Gasteiger partial charge is 0.340 e. The van der Waals surface area contributed by atoms with Gasteiger partial charge in [0.25, 0.3) is 5.69 Å². The number of nitrogens with zero attached hydrogens (tertiary/aromatic N) is 4. The van der Waals surface area contributed by atoms with E-state index in [-0.39, 0.29) is 12.3 Å². The molecule has 8 heteroatoms. The van der Waals surface area contributed by atoms with Crippen LogP contribution in [0.25, 0.3) is 11.0 Å². The molecule has 3 rings (SSSR count). The monoisotopic (exact) mass is 326 g/mol. The fourth-order valence-electron chi connectivity index (χ4n) is 2.41. The molecule has 0 unspecified atom stereocenters. The Kier molecular flexibility index (Phi) is 3.95. The molecule has 122 valence electrons. The molecule has 3 aromatic rings. The summed E-state index contributed by atoms with van der Waals surface area (Å²) in [6.45, 7) is 1.78. The fraction of sp³-hybridized carbons (Fsp3) is 0.188. The number of carbonyl (C=O) groups excluding carboxylic acids is 1. The first-order valence-corrected chi connectivity index (χ1v) is 7.15. The number of ether oxygens (including phenoxy) is 1. The van der Waals surface area contributed by atoms with Gasteiger partial charge < -0.3 is 4.74 Å². The SMILES string of the molecule is Cc1nn(C)c2ncc(C(=O)OCc3cccc([N+](=O)[O-])c3)cc12. The van der Waals surface area contributed by atoms with Gasteiger partial charge in [-0.15, -0.1) is 0 Å². The van der Waals surface area contributed by atoms with Crippen molar-refractivity contribution in [2.24, 2.45) is 7.05 Å². The summed E-state index contributed by atoms with van der Waals surface area (Å²) in [5.74, 6) is -0.542. The standard InChI is InChI=1S/C16H14N4O4/c1-10-14-7-12(8-17-15(14)19(2)18-10)16(21)24-9-11-4-3-5-13(6-11)20(22)23/h3-8H,9H2,1-2H3. The largest absolute Gasteiger partial charge is 0.457 e. The molecule has 0 N–H and O–H groups in total. The molecule has 0 atom stereocenters. The Morgan fingerprint density at radius 2 is 2.17 bits per heavy atom. The molecule has 8 nitrogen and oxygen atoms in total. The Morgan fingerprint density at radius 1 is 1.38 bits per heavy atom. The van der Waals surface area contributed by atoms with E-state index in [1.165, 1.54) is 18.3 Å². The quantitative estimate of drug-likeness (QED) is 0.415. The van der Waals surface area contributed by atoms with E-state index in [1.807, 2.05) is 6.92 Å². The lowest BCUT2D eigenvalue weighted by Gasteiger charge is -2.05. The van der Waals surface area contributed by atoms with Gasteiger partial charge in [0.05, 0.1) is 16.2 Å². The number of aromatic nitrogens is 3. The third-order valence-corrected chi connectivity index (χ3v) is 3.59. The maximum absolute atomic E-state index is 12.2. The maximum Gasteiger partial charge on any atom is 0.340 e. The highest BCUT2D eigenvalue weighted by atomic mass is 16.6. The highest BCUT2D eigenvalue weighted by Gasteiger charge is 2.13. The van der Waals surface area contributed by atoms with Crippen LogP contribution in [0.4, 0.5) is 5.69 Å². The van der Waals surface area contributed by atoms with Crippen LogP contribution >= 0.6 is 0 Å². The van der Waals surface area contributed by atoms with Gasteiger partial charge in [-0.2, -0.15) is 5.10 Å². The van der Waals surface area contributed by atoms with Crippen LogP contribution in [-0.4, -0.2) is 25.7 Å². The van der Waals surface area contributed by atoms with E-state index >= 15 is 0 Å². The van der Waals surface area contributed by atoms with Crippen molar-refractivity contribution in [3.05, 3.63) is 63.5 Å². The van der Waals surface area contributed by atoms with Gasteiger partial charge in [-0.05, 0) is 18.6 Å². The number of hydrogen-bond donors (Lipinski definition) is 0. The predicted molar refractivity (Wildman–Crippen MR) is 85.5 cm³/mol. The van der Waals surface area contributed by atoms with Gasteiger partial charge in [0.1, 0.15) is 6.61 Å². The summed E-state index contributed by atoms with van der Waals surface area (Å²) in [6, 6.07) is 7.65. The Balaban J connectivity index is 1.76. The lowest BCUT2D eigenvalue weighted by molar-refractivity contribution is -0.384. The first-order valence-electron chi connectivity index (χ1n) is 7.15. The summed E-state index contributed by atoms with van der Waals surface area (Å²) >= 11 is 0. The van der Waals surface area contributed by atoms with Crippen molar-refractivity contribution in [3.63, 3.8) is 0 Å². The highest BCUT2D eigenvalue weighted by molar-refractivity contribution is 5.93. The number of esters is 1. The van der Waals surface area contributed by atoms with Crippen LogP contribution in [0.5, 0.6) is 0 Å². The van der Waals surface area contributed by atoms with Crippen molar-refractivity contribution in [1.29, 1.82) is 0 Å². The van der Waals surface area contributed by atoms with E-state index in [0.717, 1.165) is 11.1 Å². The Labute approximate surface area is 136 Å². The van der Waals surface area contributed by atoms with E-state index in [1.54, 1.807) is 29.9 Å². The summed E-state index contributed by atoms with van der Waals surface area (Å²) in [5.41, 5.74) is 2.27. The predicted octanol–water partition coefficient (Wildman–Crippen LogP) is 2.54. The van der Waals surface area contributed by atoms with Gasteiger partial charge in [0.2, 0.25) is 0 Å². The Bertz CT molecular complexity index is 948. The average Bonchev–Trinajstić information content (AvgIpc) is 2.87. The first-order chi connectivity index (χ1) is 11.5. The molecule has 0 spiro atoms. The topological polar surface area (TPSA) is 100 Å². The molecule has 1 aromatic carbocycles. The van der Waals surface area contributed by atoms with E-state index in [4.69, 9.17) is 4.74 Å². The van der Waals surface area contributed by atoms with Gasteiger partial charge in [0.15, 0.2) is 5.65 Å². The molecule has 24 heavy (non-hydrogen) atoms. The normalized spacial score (nSPS) is 10.8. The lowest BCUT2D eigenvalue weighted by atomic mass is 10.2. The van der Waals surface area contributed by atoms with Gasteiger partial charge in [-0.25, -0.2) is 9.78 Å². The molecule has 0 fully saturated rings. The number of carbonyl (C=O) groups is 1. The molecular weight excluding hydrogens is 312 g/mol. The molecule has 0 radical (unpaired) electrons. The minimum Gasteiger partial charge on any atom is -0.457 e. The number of rotatable bonds is 4. The zero-order valence-corrected chi connectivity index (χ0v) is 13.1. The third-order valence-electron chi connectivity index (χ3n) is 3.59. The second kappa shape index (κ2) is 6.07. The molecule has 0 amide bonds. The van der Waals surface area contributed by atoms with Crippen LogP contribution < -0.4 is 0 Å². The summed E-state index contributed by atoms with van der Waals surface area (Å²) in [5, 5.41) is 15.8. The van der Waals surface area contributed by atoms with Gasteiger partial charge in [0, 0.05) is 30.8 Å². The van der Waals surface area contributed by atoms with Crippen LogP contribution in [-0.2, 0) is 18.4 Å². The van der Waals surface area contributed by atoms with Gasteiger partial charge >= 0.3 is 5.97 Å². The number of nitro benzene ring substituents is 1. The fourth-order valence-corrected chi connectivity index (χ4v) is 2.41. The molecule has 0 saturated heterocycles. The van der Waals surface area contributed by atoms with Crippen LogP contribution in [0.15, 0.2) is 36.5 Å². The number of aryl methyl sites for hydroxylation is 2. The van der Waals surface area contributed by atoms with Crippen molar-refractivity contribution in [2.75, 3.05) is 0 Å². The number of nitro groups is 1. The van der Waals surface area contributed by atoms with E-state index in [9.17, 15) is 14.9 Å². The van der Waals surface area contributed by atoms with Gasteiger partial charge in [-0.3, -0.25) is 14.8 Å². The second-order valence-electron chi connectivity index (χ2n) is 5.31. The minimum absolute atomic E-state index is 0.0439. The number of pyridine rings is 1. The van der Waals surface area contributed by atoms with E-state index in [0.29, 0.717) is 16.8 Å². The van der Waals surface area contributed by atoms with Crippen molar-refractivity contribution in [3.8, 4) is 0 Å². The minimum atomic E-state index is -0.542. The number of non-ortho nitro benzene ring substituents is 1. The van der Waals surface area contributed by atoms with Crippen molar-refractivity contribution in [2.45, 2.75) is 13.5 Å². The average molecular weight is 326 g/mol. The number of hydrogen-bond acceptors (Lipinski definition) is 6. The maximum atomic E-state index is 12.2. The molecule has 0 aliphatic carbocycles. The summed E-state index contributed by atoms with van der Waals surface area (Å²) in [4.78, 5) is 26.7. The van der Waals surface area contributed by atoms with Crippen LogP contribution in [0.2, 0.25) is 0 Å². The lowest BCUT2D eigenvalue weighted by Crippen LogP contribution is -2.06. The second-order valence-corrected chi connectivity index (χ2v) is 5.31. The Hall–Kier alpha value is -3.29. The first kappa shape index (κ1) is 15.6. The molecular formula is C16H14N4O4. The summed E-state index contributed by atoms with van der Waals surface area (Å²) < 4.78 is 6.86. The van der Waals surface area contributed by atoms with Crippen molar-refractivity contribution in [1.82, 2.24) is 14.8 Å². The van der Waals surface area contributed by atoms with E-state index in [2.05, 4.69) is 10.1 Å². The molecule has 0 aliphatic heterocycles. The summed E-state index contributed by atoms with van der Waals surface area (Å²) in [7, 11) is 1.78. The highest BCUT2D eigenvalue weighted by Crippen LogP contribution is 2.18. The van der Waals surface area contributed by atoms with Crippen molar-refractivity contribution < 1.29 is 14.5 Å². The molecule has 0 bridgehead atoms. The van der Waals surface area contributed by atoms with Crippen LogP contribution in [0, 0.1) is 17.0 Å². The van der Waals surface area contributed by atoms with E-state index < -0.39 is 10.9 Å². The van der Waals surface area contributed by atoms with Crippen molar-refractivity contribution >= 4 is 22.7 Å². The molecule has 0 saturated carbocycles. The zero-order valence-electron chi connectivity index (χ0n) is 13.1. The van der Waals surface area contributed by atoms with Gasteiger partial charge in [-0.1, -0.05) is 12.1 Å². The number of fused-ring (bicyclic) bond motifs is 1. The molecule has 2 aromatic heterocycles. The Morgan fingerprint density at radius 3 is 2.92 bits per heavy atom. The molecule has 0 aliphatic rings. The number of benzene rings is 1. The van der Waals surface area contributed by atoms with Crippen LogP contribution in [0.3, 0.4) is 0 Å². The molecule has 2 heterocycles. The zero-order chi connectivity index (χ0) is 17.3. The third kappa shape index (κ3) is 2.94.